The number of aromatic nitrogens is 2. The monoisotopic (exact) mass is 273 g/mol. The summed E-state index contributed by atoms with van der Waals surface area (Å²) in [5.74, 6) is -0.815. The van der Waals surface area contributed by atoms with Gasteiger partial charge in [0.1, 0.15) is 6.04 Å². The van der Waals surface area contributed by atoms with Crippen LogP contribution in [0.25, 0.3) is 0 Å². The number of nitrogens with zero attached hydrogens (tertiary/aromatic N) is 1. The third-order valence-electron chi connectivity index (χ3n) is 2.81. The number of amides is 1. The number of ether oxygens (including phenoxy) is 1. The van der Waals surface area contributed by atoms with Crippen LogP contribution < -0.4 is 5.32 Å². The molecule has 1 heterocycles. The highest BCUT2D eigenvalue weighted by atomic mass is 16.5. The van der Waals surface area contributed by atoms with Gasteiger partial charge < -0.3 is 10.1 Å². The van der Waals surface area contributed by atoms with Gasteiger partial charge in [0.15, 0.2) is 0 Å². The number of methoxy groups -OCH3 is 1. The van der Waals surface area contributed by atoms with Crippen LogP contribution in [0.3, 0.4) is 0 Å². The lowest BCUT2D eigenvalue weighted by molar-refractivity contribution is -0.142. The predicted molar refractivity (Wildman–Crippen MR) is 72.0 cm³/mol. The Morgan fingerprint density at radius 2 is 2.05 bits per heavy atom. The Kier molecular flexibility index (Phi) is 4.49. The van der Waals surface area contributed by atoms with Crippen molar-refractivity contribution in [1.82, 2.24) is 15.5 Å². The average molecular weight is 273 g/mol. The van der Waals surface area contributed by atoms with Gasteiger partial charge in [0.25, 0.3) is 5.91 Å². The minimum absolute atomic E-state index is 0.297. The third-order valence-corrected chi connectivity index (χ3v) is 2.81. The average Bonchev–Trinajstić information content (AvgIpc) is 2.99. The van der Waals surface area contributed by atoms with Crippen molar-refractivity contribution in [2.45, 2.75) is 12.5 Å². The maximum Gasteiger partial charge on any atom is 0.328 e. The van der Waals surface area contributed by atoms with Gasteiger partial charge in [-0.1, -0.05) is 18.2 Å². The highest BCUT2D eigenvalue weighted by Gasteiger charge is 2.22. The molecule has 0 radical (unpaired) electrons. The molecule has 2 rings (SSSR count). The number of rotatable bonds is 5. The highest BCUT2D eigenvalue weighted by Crippen LogP contribution is 2.04. The minimum Gasteiger partial charge on any atom is -0.467 e. The molecule has 0 unspecified atom stereocenters. The molecule has 2 N–H and O–H groups in total. The molecule has 1 atom stereocenters. The maximum atomic E-state index is 12.1. The first-order valence-corrected chi connectivity index (χ1v) is 6.12. The van der Waals surface area contributed by atoms with Crippen LogP contribution in [0, 0.1) is 0 Å². The molecule has 0 bridgehead atoms. The van der Waals surface area contributed by atoms with E-state index in [2.05, 4.69) is 15.5 Å². The molecule has 1 aromatic carbocycles. The Balaban J connectivity index is 2.08. The summed E-state index contributed by atoms with van der Waals surface area (Å²) in [6.07, 6.45) is 1.88. The smallest absolute Gasteiger partial charge is 0.328 e. The molecule has 6 nitrogen and oxygen atoms in total. The summed E-state index contributed by atoms with van der Waals surface area (Å²) in [5.41, 5.74) is 1.24. The molecular weight excluding hydrogens is 258 g/mol. The molecule has 0 aliphatic rings. The highest BCUT2D eigenvalue weighted by molar-refractivity contribution is 5.96. The Bertz CT molecular complexity index is 567. The Labute approximate surface area is 116 Å². The molecule has 0 saturated heterocycles. The van der Waals surface area contributed by atoms with E-state index >= 15 is 0 Å². The van der Waals surface area contributed by atoms with Gasteiger partial charge in [0.2, 0.25) is 0 Å². The van der Waals surface area contributed by atoms with E-state index in [0.717, 1.165) is 5.69 Å². The van der Waals surface area contributed by atoms with Crippen LogP contribution in [0.4, 0.5) is 0 Å². The first-order valence-electron chi connectivity index (χ1n) is 6.12. The molecule has 6 heteroatoms. The van der Waals surface area contributed by atoms with Crippen LogP contribution in [0.1, 0.15) is 16.1 Å². The summed E-state index contributed by atoms with van der Waals surface area (Å²) in [4.78, 5) is 23.8. The molecule has 0 spiro atoms. The quantitative estimate of drug-likeness (QED) is 0.793. The van der Waals surface area contributed by atoms with Gasteiger partial charge in [0, 0.05) is 23.9 Å². The van der Waals surface area contributed by atoms with Crippen molar-refractivity contribution >= 4 is 11.9 Å². The largest absolute Gasteiger partial charge is 0.467 e. The third kappa shape index (κ3) is 3.44. The van der Waals surface area contributed by atoms with Gasteiger partial charge in [0.05, 0.1) is 7.11 Å². The number of nitrogens with one attached hydrogen (secondary N) is 2. The number of hydrogen-bond donors (Lipinski definition) is 2. The van der Waals surface area contributed by atoms with Crippen LogP contribution in [0.2, 0.25) is 0 Å². The lowest BCUT2D eigenvalue weighted by atomic mass is 10.1. The summed E-state index contributed by atoms with van der Waals surface area (Å²) < 4.78 is 4.71. The maximum absolute atomic E-state index is 12.1. The fourth-order valence-corrected chi connectivity index (χ4v) is 1.78. The van der Waals surface area contributed by atoms with Crippen LogP contribution >= 0.6 is 0 Å². The normalized spacial score (nSPS) is 11.7. The Morgan fingerprint density at radius 3 is 2.65 bits per heavy atom. The standard InChI is InChI=1S/C14H15N3O3/c1-20-14(19)12(9-11-7-8-15-17-11)16-13(18)10-5-3-2-4-6-10/h2-8,12H,9H2,1H3,(H,15,17)(H,16,18)/t12-/m0/s1. The summed E-state index contributed by atoms with van der Waals surface area (Å²) in [5, 5.41) is 9.22. The molecular formula is C14H15N3O3. The van der Waals surface area contributed by atoms with Crippen molar-refractivity contribution in [1.29, 1.82) is 0 Å². The van der Waals surface area contributed by atoms with Gasteiger partial charge in [-0.25, -0.2) is 4.79 Å². The predicted octanol–water partition coefficient (Wildman–Crippen LogP) is 0.924. The van der Waals surface area contributed by atoms with E-state index in [4.69, 9.17) is 4.74 Å². The molecule has 1 amide bonds. The topological polar surface area (TPSA) is 84.1 Å². The van der Waals surface area contributed by atoms with Crippen molar-refractivity contribution < 1.29 is 14.3 Å². The number of benzene rings is 1. The zero-order valence-corrected chi connectivity index (χ0v) is 11.0. The lowest BCUT2D eigenvalue weighted by Crippen LogP contribution is -2.43. The molecule has 20 heavy (non-hydrogen) atoms. The number of carbonyl (C=O) groups is 2. The van der Waals surface area contributed by atoms with Crippen LogP contribution in [0.15, 0.2) is 42.6 Å². The number of esters is 1. The second-order valence-corrected chi connectivity index (χ2v) is 4.20. The van der Waals surface area contributed by atoms with Gasteiger partial charge >= 0.3 is 5.97 Å². The summed E-state index contributed by atoms with van der Waals surface area (Å²) in [6.45, 7) is 0. The van der Waals surface area contributed by atoms with Crippen LogP contribution in [-0.4, -0.2) is 35.2 Å². The van der Waals surface area contributed by atoms with Gasteiger partial charge in [-0.2, -0.15) is 5.10 Å². The minimum atomic E-state index is -0.756. The van der Waals surface area contributed by atoms with E-state index in [0.29, 0.717) is 12.0 Å². The SMILES string of the molecule is COC(=O)[C@H](Cc1ccn[nH]1)NC(=O)c1ccccc1. The Morgan fingerprint density at radius 1 is 1.30 bits per heavy atom. The molecule has 104 valence electrons. The Hall–Kier alpha value is -2.63. The van der Waals surface area contributed by atoms with E-state index in [1.807, 2.05) is 6.07 Å². The van der Waals surface area contributed by atoms with Gasteiger partial charge in [-0.05, 0) is 18.2 Å². The number of H-pyrrole nitrogens is 1. The lowest BCUT2D eigenvalue weighted by Gasteiger charge is -2.15. The molecule has 0 fully saturated rings. The molecule has 0 aliphatic carbocycles. The molecule has 0 saturated carbocycles. The second-order valence-electron chi connectivity index (χ2n) is 4.20. The van der Waals surface area contributed by atoms with Gasteiger partial charge in [-0.15, -0.1) is 0 Å². The number of aromatic amines is 1. The summed E-state index contributed by atoms with van der Waals surface area (Å²) >= 11 is 0. The fourth-order valence-electron chi connectivity index (χ4n) is 1.78. The molecule has 2 aromatic rings. The van der Waals surface area contributed by atoms with Crippen molar-refractivity contribution in [3.8, 4) is 0 Å². The van der Waals surface area contributed by atoms with Crippen LogP contribution in [-0.2, 0) is 16.0 Å². The molecule has 0 aliphatic heterocycles. The summed E-state index contributed by atoms with van der Waals surface area (Å²) in [7, 11) is 1.29. The van der Waals surface area contributed by atoms with Crippen molar-refractivity contribution in [2.24, 2.45) is 0 Å². The zero-order valence-electron chi connectivity index (χ0n) is 11.0. The van der Waals surface area contributed by atoms with E-state index in [1.165, 1.54) is 7.11 Å². The zero-order chi connectivity index (χ0) is 14.4. The van der Waals surface area contributed by atoms with Crippen LogP contribution in [0.5, 0.6) is 0 Å². The first kappa shape index (κ1) is 13.8. The van der Waals surface area contributed by atoms with E-state index < -0.39 is 12.0 Å². The first-order chi connectivity index (χ1) is 9.70. The van der Waals surface area contributed by atoms with Gasteiger partial charge in [-0.3, -0.25) is 9.89 Å². The second kappa shape index (κ2) is 6.51. The van der Waals surface area contributed by atoms with Crippen molar-refractivity contribution in [2.75, 3.05) is 7.11 Å². The van der Waals surface area contributed by atoms with E-state index in [-0.39, 0.29) is 5.91 Å². The summed E-state index contributed by atoms with van der Waals surface area (Å²) in [6, 6.07) is 9.69. The number of hydrogen-bond acceptors (Lipinski definition) is 4. The van der Waals surface area contributed by atoms with E-state index in [9.17, 15) is 9.59 Å². The van der Waals surface area contributed by atoms with E-state index in [1.54, 1.807) is 36.5 Å². The molecule has 1 aromatic heterocycles. The number of carbonyl (C=O) groups excluding carboxylic acids is 2. The fraction of sp³-hybridized carbons (Fsp3) is 0.214. The van der Waals surface area contributed by atoms with Crippen molar-refractivity contribution in [3.63, 3.8) is 0 Å². The van der Waals surface area contributed by atoms with Crippen molar-refractivity contribution in [3.05, 3.63) is 53.9 Å².